The summed E-state index contributed by atoms with van der Waals surface area (Å²) in [4.78, 5) is 16.9. The summed E-state index contributed by atoms with van der Waals surface area (Å²) in [6, 6.07) is 24.0. The van der Waals surface area contributed by atoms with Gasteiger partial charge in [-0.25, -0.2) is 4.98 Å². The van der Waals surface area contributed by atoms with Crippen LogP contribution in [0.15, 0.2) is 79.0 Å². The van der Waals surface area contributed by atoms with Gasteiger partial charge in [0.05, 0.1) is 25.7 Å². The van der Waals surface area contributed by atoms with Crippen molar-refractivity contribution in [3.05, 3.63) is 90.3 Å². The van der Waals surface area contributed by atoms with Crippen molar-refractivity contribution in [2.45, 2.75) is 25.8 Å². The summed E-state index contributed by atoms with van der Waals surface area (Å²) in [6.45, 7) is 2.75. The number of ether oxygens (including phenoxy) is 2. The summed E-state index contributed by atoms with van der Waals surface area (Å²) in [5.74, 6) is 1.46. The minimum absolute atomic E-state index is 0.139. The first-order valence-electron chi connectivity index (χ1n) is 11.3. The zero-order valence-electron chi connectivity index (χ0n) is 19.0. The van der Waals surface area contributed by atoms with Crippen molar-refractivity contribution in [1.82, 2.24) is 9.55 Å². The van der Waals surface area contributed by atoms with E-state index >= 15 is 0 Å². The van der Waals surface area contributed by atoms with Gasteiger partial charge in [-0.3, -0.25) is 4.79 Å². The van der Waals surface area contributed by atoms with Crippen molar-refractivity contribution in [2.24, 2.45) is 0 Å². The Balaban J connectivity index is 1.51. The summed E-state index contributed by atoms with van der Waals surface area (Å²) in [6.07, 6.45) is 3.03. The van der Waals surface area contributed by atoms with E-state index in [9.17, 15) is 4.79 Å². The molecule has 0 saturated heterocycles. The van der Waals surface area contributed by atoms with Crippen molar-refractivity contribution in [2.75, 3.05) is 25.6 Å². The average Bonchev–Trinajstić information content (AvgIpc) is 3.26. The van der Waals surface area contributed by atoms with Gasteiger partial charge < -0.3 is 19.4 Å². The molecule has 0 saturated carbocycles. The second-order valence-corrected chi connectivity index (χ2v) is 7.74. The maximum absolute atomic E-state index is 12.3. The van der Waals surface area contributed by atoms with Crippen LogP contribution in [0.25, 0.3) is 10.9 Å². The maximum Gasteiger partial charge on any atom is 0.308 e. The van der Waals surface area contributed by atoms with E-state index in [2.05, 4.69) is 20.9 Å². The van der Waals surface area contributed by atoms with Gasteiger partial charge in [0.15, 0.2) is 0 Å². The number of benzene rings is 2. The van der Waals surface area contributed by atoms with Crippen LogP contribution in [0.5, 0.6) is 5.75 Å². The standard InChI is InChI=1S/C27H29N3O3/c1-3-32-27(31)19-25(20-8-5-4-6-9-20)30-16-14-21-18-23(12-13-24(21)30)33-17-15-22-10-7-11-26(28-2)29-22/h4-14,16,18,25H,3,15,17,19H2,1-2H3,(H,28,29). The van der Waals surface area contributed by atoms with Gasteiger partial charge in [-0.15, -0.1) is 0 Å². The van der Waals surface area contributed by atoms with E-state index in [4.69, 9.17) is 9.47 Å². The first kappa shape index (κ1) is 22.4. The molecule has 0 amide bonds. The van der Waals surface area contributed by atoms with Crippen molar-refractivity contribution in [3.8, 4) is 5.75 Å². The number of aromatic nitrogens is 2. The van der Waals surface area contributed by atoms with E-state index in [0.29, 0.717) is 13.2 Å². The number of rotatable bonds is 10. The molecule has 4 rings (SSSR count). The molecule has 0 spiro atoms. The number of anilines is 1. The molecule has 0 aliphatic carbocycles. The van der Waals surface area contributed by atoms with Crippen LogP contribution in [0.4, 0.5) is 5.82 Å². The molecule has 6 heteroatoms. The van der Waals surface area contributed by atoms with Gasteiger partial charge in [0.2, 0.25) is 0 Å². The third-order valence-corrected chi connectivity index (χ3v) is 5.57. The molecule has 1 N–H and O–H groups in total. The number of nitrogens with zero attached hydrogens (tertiary/aromatic N) is 2. The maximum atomic E-state index is 12.3. The third kappa shape index (κ3) is 5.52. The zero-order valence-corrected chi connectivity index (χ0v) is 19.0. The Labute approximate surface area is 194 Å². The summed E-state index contributed by atoms with van der Waals surface area (Å²) in [5.41, 5.74) is 3.10. The number of fused-ring (bicyclic) bond motifs is 1. The summed E-state index contributed by atoms with van der Waals surface area (Å²) in [5, 5.41) is 4.12. The number of pyridine rings is 1. The number of nitrogens with one attached hydrogen (secondary N) is 1. The van der Waals surface area contributed by atoms with Crippen LogP contribution in [0.2, 0.25) is 0 Å². The average molecular weight is 444 g/mol. The van der Waals surface area contributed by atoms with Gasteiger partial charge in [0.1, 0.15) is 11.6 Å². The molecule has 170 valence electrons. The zero-order chi connectivity index (χ0) is 23.0. The lowest BCUT2D eigenvalue weighted by atomic mass is 10.0. The molecule has 1 unspecified atom stereocenters. The molecule has 2 aromatic carbocycles. The van der Waals surface area contributed by atoms with E-state index in [0.717, 1.165) is 40.1 Å². The van der Waals surface area contributed by atoms with Gasteiger partial charge >= 0.3 is 5.97 Å². The van der Waals surface area contributed by atoms with Crippen LogP contribution >= 0.6 is 0 Å². The van der Waals surface area contributed by atoms with Crippen LogP contribution in [0, 0.1) is 0 Å². The molecule has 6 nitrogen and oxygen atoms in total. The quantitative estimate of drug-likeness (QED) is 0.340. The van der Waals surface area contributed by atoms with E-state index in [1.807, 2.05) is 86.9 Å². The molecule has 0 radical (unpaired) electrons. The highest BCUT2D eigenvalue weighted by molar-refractivity contribution is 5.82. The monoisotopic (exact) mass is 443 g/mol. The number of esters is 1. The van der Waals surface area contributed by atoms with Gasteiger partial charge in [-0.2, -0.15) is 0 Å². The van der Waals surface area contributed by atoms with Crippen LogP contribution in [-0.2, 0) is 16.0 Å². The molecule has 33 heavy (non-hydrogen) atoms. The fourth-order valence-corrected chi connectivity index (χ4v) is 3.96. The Hall–Kier alpha value is -3.80. The minimum Gasteiger partial charge on any atom is -0.493 e. The second-order valence-electron chi connectivity index (χ2n) is 7.74. The lowest BCUT2D eigenvalue weighted by Crippen LogP contribution is -2.16. The molecular formula is C27H29N3O3. The van der Waals surface area contributed by atoms with Crippen LogP contribution in [0.3, 0.4) is 0 Å². The van der Waals surface area contributed by atoms with Gasteiger partial charge in [0.25, 0.3) is 0 Å². The number of hydrogen-bond acceptors (Lipinski definition) is 5. The van der Waals surface area contributed by atoms with Crippen molar-refractivity contribution in [1.29, 1.82) is 0 Å². The Morgan fingerprint density at radius 2 is 1.91 bits per heavy atom. The lowest BCUT2D eigenvalue weighted by molar-refractivity contribution is -0.143. The largest absolute Gasteiger partial charge is 0.493 e. The summed E-state index contributed by atoms with van der Waals surface area (Å²) in [7, 11) is 1.86. The van der Waals surface area contributed by atoms with E-state index in [1.54, 1.807) is 0 Å². The van der Waals surface area contributed by atoms with Crippen molar-refractivity contribution < 1.29 is 14.3 Å². The molecular weight excluding hydrogens is 414 g/mol. The third-order valence-electron chi connectivity index (χ3n) is 5.57. The Kier molecular flexibility index (Phi) is 7.25. The fourth-order valence-electron chi connectivity index (χ4n) is 3.96. The van der Waals surface area contributed by atoms with E-state index in [1.165, 1.54) is 0 Å². The molecule has 0 bridgehead atoms. The first-order valence-corrected chi connectivity index (χ1v) is 11.3. The van der Waals surface area contributed by atoms with Gasteiger partial charge in [0, 0.05) is 36.3 Å². The van der Waals surface area contributed by atoms with Gasteiger partial charge in [-0.05, 0) is 48.9 Å². The Morgan fingerprint density at radius 1 is 1.06 bits per heavy atom. The predicted molar refractivity (Wildman–Crippen MR) is 131 cm³/mol. The highest BCUT2D eigenvalue weighted by atomic mass is 16.5. The Morgan fingerprint density at radius 3 is 2.70 bits per heavy atom. The first-order chi connectivity index (χ1) is 16.2. The number of hydrogen-bond donors (Lipinski definition) is 1. The van der Waals surface area contributed by atoms with Crippen LogP contribution in [0.1, 0.15) is 30.6 Å². The molecule has 2 aromatic heterocycles. The topological polar surface area (TPSA) is 65.4 Å². The summed E-state index contributed by atoms with van der Waals surface area (Å²) < 4.78 is 13.4. The molecule has 1 atom stereocenters. The van der Waals surface area contributed by atoms with Crippen LogP contribution in [-0.4, -0.2) is 35.8 Å². The number of carbonyl (C=O) groups excluding carboxylic acids is 1. The predicted octanol–water partition coefficient (Wildman–Crippen LogP) is 5.24. The van der Waals surface area contributed by atoms with E-state index < -0.39 is 0 Å². The fraction of sp³-hybridized carbons (Fsp3) is 0.259. The second kappa shape index (κ2) is 10.7. The molecule has 0 aliphatic heterocycles. The van der Waals surface area contributed by atoms with Crippen molar-refractivity contribution in [3.63, 3.8) is 0 Å². The molecule has 4 aromatic rings. The smallest absolute Gasteiger partial charge is 0.308 e. The van der Waals surface area contributed by atoms with Crippen molar-refractivity contribution >= 4 is 22.7 Å². The van der Waals surface area contributed by atoms with E-state index in [-0.39, 0.29) is 18.4 Å². The molecule has 2 heterocycles. The Bertz CT molecular complexity index is 1200. The summed E-state index contributed by atoms with van der Waals surface area (Å²) >= 11 is 0. The lowest BCUT2D eigenvalue weighted by Gasteiger charge is -2.20. The number of carbonyl (C=O) groups is 1. The SMILES string of the molecule is CCOC(=O)CC(c1ccccc1)n1ccc2cc(OCCc3cccc(NC)n3)ccc21. The normalized spacial score (nSPS) is 11.8. The highest BCUT2D eigenvalue weighted by Crippen LogP contribution is 2.30. The molecule has 0 fully saturated rings. The highest BCUT2D eigenvalue weighted by Gasteiger charge is 2.20. The molecule has 0 aliphatic rings. The van der Waals surface area contributed by atoms with Crippen LogP contribution < -0.4 is 10.1 Å². The van der Waals surface area contributed by atoms with Gasteiger partial charge in [-0.1, -0.05) is 36.4 Å². The minimum atomic E-state index is -0.205.